The molecular weight excluding hydrogens is 315 g/mol. The van der Waals surface area contributed by atoms with Gasteiger partial charge in [-0.05, 0) is 54.5 Å². The molecule has 0 aromatic carbocycles. The molecule has 4 nitrogen and oxygen atoms in total. The van der Waals surface area contributed by atoms with Crippen molar-refractivity contribution >= 4 is 13.2 Å². The van der Waals surface area contributed by atoms with Gasteiger partial charge in [-0.1, -0.05) is 39.0 Å². The smallest absolute Gasteiger partial charge is 0.458 e. The van der Waals surface area contributed by atoms with Crippen LogP contribution in [0.4, 0.5) is 0 Å². The van der Waals surface area contributed by atoms with Gasteiger partial charge in [-0.25, -0.2) is 0 Å². The molecule has 0 radical (unpaired) electrons. The van der Waals surface area contributed by atoms with Gasteiger partial charge in [0.2, 0.25) is 0 Å². The second kappa shape index (κ2) is 9.23. The molecule has 1 aliphatic heterocycles. The highest BCUT2D eigenvalue weighted by Crippen LogP contribution is 2.31. The lowest BCUT2D eigenvalue weighted by Gasteiger charge is -2.29. The maximum absolute atomic E-state index is 9.86. The van der Waals surface area contributed by atoms with Gasteiger partial charge in [0.25, 0.3) is 0 Å². The van der Waals surface area contributed by atoms with Crippen molar-refractivity contribution in [3.05, 3.63) is 53.0 Å². The molecule has 25 heavy (non-hydrogen) atoms. The second-order valence-electron chi connectivity index (χ2n) is 6.81. The van der Waals surface area contributed by atoms with Crippen molar-refractivity contribution in [1.82, 2.24) is 0 Å². The Morgan fingerprint density at radius 3 is 2.80 bits per heavy atom. The van der Waals surface area contributed by atoms with E-state index in [4.69, 9.17) is 14.2 Å². The Balaban J connectivity index is 2.06. The van der Waals surface area contributed by atoms with Crippen molar-refractivity contribution in [2.45, 2.75) is 59.1 Å². The summed E-state index contributed by atoms with van der Waals surface area (Å²) in [4.78, 5) is 0. The molecule has 1 unspecified atom stereocenters. The summed E-state index contributed by atoms with van der Waals surface area (Å²) < 4.78 is 11.3. The summed E-state index contributed by atoms with van der Waals surface area (Å²) >= 11 is 0. The van der Waals surface area contributed by atoms with Crippen LogP contribution >= 0.6 is 0 Å². The van der Waals surface area contributed by atoms with E-state index in [1.54, 1.807) is 6.07 Å². The summed E-state index contributed by atoms with van der Waals surface area (Å²) in [6, 6.07) is 3.65. The Labute approximate surface area is 151 Å². The molecule has 136 valence electrons. The van der Waals surface area contributed by atoms with Crippen LogP contribution in [0.3, 0.4) is 0 Å². The quantitative estimate of drug-likeness (QED) is 0.688. The van der Waals surface area contributed by atoms with E-state index in [1.807, 2.05) is 12.1 Å². The number of hydrogen-bond acceptors (Lipinski definition) is 4. The van der Waals surface area contributed by atoms with Crippen molar-refractivity contribution < 1.29 is 19.2 Å². The molecule has 0 spiro atoms. The second-order valence-corrected chi connectivity index (χ2v) is 6.81. The standard InChI is InChI=1S/C20H29BO4/c1-5-16(12-17-7-8-18(13-22)24-17)6-9-20-19(15(4)14(2)3)10-11-21(23)25-20/h7-8,10,12,14,20,22-23H,4-6,9,11,13H2,1-3H3/b16-12+. The van der Waals surface area contributed by atoms with Crippen LogP contribution in [0.25, 0.3) is 6.08 Å². The van der Waals surface area contributed by atoms with E-state index < -0.39 is 7.12 Å². The number of aliphatic hydroxyl groups excluding tert-OH is 1. The molecule has 1 aliphatic rings. The van der Waals surface area contributed by atoms with Gasteiger partial charge < -0.3 is 19.2 Å². The summed E-state index contributed by atoms with van der Waals surface area (Å²) in [6.07, 6.45) is 7.04. The van der Waals surface area contributed by atoms with E-state index in [-0.39, 0.29) is 12.7 Å². The van der Waals surface area contributed by atoms with Crippen molar-refractivity contribution in [2.75, 3.05) is 0 Å². The minimum atomic E-state index is -0.736. The van der Waals surface area contributed by atoms with Crippen LogP contribution in [-0.4, -0.2) is 23.4 Å². The third-order valence-corrected chi connectivity index (χ3v) is 4.64. The zero-order valence-electron chi connectivity index (χ0n) is 15.5. The zero-order valence-corrected chi connectivity index (χ0v) is 15.5. The third-order valence-electron chi connectivity index (χ3n) is 4.64. The fourth-order valence-electron chi connectivity index (χ4n) is 3.00. The summed E-state index contributed by atoms with van der Waals surface area (Å²) in [5.74, 6) is 1.68. The molecule has 2 heterocycles. The van der Waals surface area contributed by atoms with Crippen molar-refractivity contribution in [3.63, 3.8) is 0 Å². The highest BCUT2D eigenvalue weighted by molar-refractivity contribution is 6.43. The number of rotatable bonds is 8. The van der Waals surface area contributed by atoms with E-state index in [0.29, 0.717) is 18.0 Å². The monoisotopic (exact) mass is 344 g/mol. The van der Waals surface area contributed by atoms with Gasteiger partial charge in [0, 0.05) is 6.32 Å². The summed E-state index contributed by atoms with van der Waals surface area (Å²) in [5, 5.41) is 19.0. The van der Waals surface area contributed by atoms with Crippen LogP contribution in [0.1, 0.15) is 51.6 Å². The highest BCUT2D eigenvalue weighted by Gasteiger charge is 2.28. The molecule has 0 aliphatic carbocycles. The van der Waals surface area contributed by atoms with Gasteiger partial charge in [-0.2, -0.15) is 0 Å². The minimum absolute atomic E-state index is 0.0887. The fraction of sp³-hybridized carbons (Fsp3) is 0.500. The van der Waals surface area contributed by atoms with Gasteiger partial charge in [0.1, 0.15) is 18.1 Å². The van der Waals surface area contributed by atoms with E-state index in [9.17, 15) is 5.02 Å². The predicted octanol–water partition coefficient (Wildman–Crippen LogP) is 4.36. The zero-order chi connectivity index (χ0) is 18.4. The molecule has 0 bridgehead atoms. The van der Waals surface area contributed by atoms with Crippen LogP contribution in [-0.2, 0) is 11.3 Å². The summed E-state index contributed by atoms with van der Waals surface area (Å²) in [7, 11) is -0.736. The first-order valence-electron chi connectivity index (χ1n) is 9.06. The molecule has 1 atom stereocenters. The van der Waals surface area contributed by atoms with Crippen molar-refractivity contribution in [2.24, 2.45) is 5.92 Å². The van der Waals surface area contributed by atoms with E-state index in [0.717, 1.165) is 36.2 Å². The van der Waals surface area contributed by atoms with Crippen LogP contribution in [0, 0.1) is 5.92 Å². The third kappa shape index (κ3) is 5.46. The lowest BCUT2D eigenvalue weighted by atomic mass is 9.76. The molecule has 0 saturated carbocycles. The Morgan fingerprint density at radius 2 is 2.20 bits per heavy atom. The highest BCUT2D eigenvalue weighted by atomic mass is 16.5. The van der Waals surface area contributed by atoms with Crippen molar-refractivity contribution in [1.29, 1.82) is 0 Å². The largest absolute Gasteiger partial charge is 0.459 e. The van der Waals surface area contributed by atoms with Crippen LogP contribution in [0.15, 0.2) is 45.9 Å². The molecule has 2 N–H and O–H groups in total. The Morgan fingerprint density at radius 1 is 1.44 bits per heavy atom. The molecule has 2 rings (SSSR count). The molecule has 0 amide bonds. The molecule has 5 heteroatoms. The maximum atomic E-state index is 9.86. The SMILES string of the molecule is C=C(C1=CCB(O)OC1CC/C(=C/c1ccc(CO)o1)CC)C(C)C. The Hall–Kier alpha value is -1.56. The number of hydrogen-bond donors (Lipinski definition) is 2. The lowest BCUT2D eigenvalue weighted by molar-refractivity contribution is 0.182. The number of furan rings is 1. The normalized spacial score (nSPS) is 18.6. The van der Waals surface area contributed by atoms with Gasteiger partial charge in [0.15, 0.2) is 0 Å². The van der Waals surface area contributed by atoms with E-state index in [2.05, 4.69) is 33.4 Å². The summed E-state index contributed by atoms with van der Waals surface area (Å²) in [5.41, 5.74) is 3.45. The van der Waals surface area contributed by atoms with Gasteiger partial charge in [-0.15, -0.1) is 0 Å². The van der Waals surface area contributed by atoms with Gasteiger partial charge in [-0.3, -0.25) is 0 Å². The molecule has 0 saturated heterocycles. The molecule has 1 aromatic heterocycles. The number of aliphatic hydroxyl groups is 1. The van der Waals surface area contributed by atoms with Crippen LogP contribution in [0.2, 0.25) is 6.32 Å². The Kier molecular flexibility index (Phi) is 7.30. The van der Waals surface area contributed by atoms with Crippen LogP contribution < -0.4 is 0 Å². The van der Waals surface area contributed by atoms with Gasteiger partial charge in [0.05, 0.1) is 6.10 Å². The average molecular weight is 344 g/mol. The van der Waals surface area contributed by atoms with Crippen LogP contribution in [0.5, 0.6) is 0 Å². The first kappa shape index (κ1) is 19.8. The van der Waals surface area contributed by atoms with Gasteiger partial charge >= 0.3 is 7.12 Å². The average Bonchev–Trinajstić information content (AvgIpc) is 3.05. The Bertz CT molecular complexity index is 642. The van der Waals surface area contributed by atoms with Crippen molar-refractivity contribution in [3.8, 4) is 0 Å². The predicted molar refractivity (Wildman–Crippen MR) is 102 cm³/mol. The number of allylic oxidation sites excluding steroid dienone is 2. The molecular formula is C20H29BO4. The maximum Gasteiger partial charge on any atom is 0.458 e. The molecule has 0 fully saturated rings. The summed E-state index contributed by atoms with van der Waals surface area (Å²) in [6.45, 7) is 10.5. The first-order chi connectivity index (χ1) is 11.9. The van der Waals surface area contributed by atoms with E-state index in [1.165, 1.54) is 5.57 Å². The molecule has 1 aromatic rings. The first-order valence-corrected chi connectivity index (χ1v) is 9.06. The fourth-order valence-corrected chi connectivity index (χ4v) is 3.00. The topological polar surface area (TPSA) is 62.8 Å². The van der Waals surface area contributed by atoms with E-state index >= 15 is 0 Å². The minimum Gasteiger partial charge on any atom is -0.459 e. The lowest BCUT2D eigenvalue weighted by Crippen LogP contribution is -2.32.